The number of carbonyl (C=O) groups is 1. The average Bonchev–Trinajstić information content (AvgIpc) is 3.12. The van der Waals surface area contributed by atoms with E-state index in [0.29, 0.717) is 15.5 Å². The number of thiophene rings is 1. The van der Waals surface area contributed by atoms with Crippen LogP contribution in [0.5, 0.6) is 5.75 Å². The van der Waals surface area contributed by atoms with Crippen LogP contribution in [0.1, 0.15) is 15.2 Å². The number of sulfonamides is 1. The van der Waals surface area contributed by atoms with Crippen LogP contribution in [0.15, 0.2) is 88.9 Å². The summed E-state index contributed by atoms with van der Waals surface area (Å²) in [5.41, 5.74) is 0.420. The Morgan fingerprint density at radius 2 is 1.65 bits per heavy atom. The number of esters is 1. The second kappa shape index (κ2) is 8.89. The SMILES string of the molecule is O=C(Oc1ccccc1C=NNS(=O)(=O)c1ccccc1)c1sc2ccccc2c1Cl. The maximum absolute atomic E-state index is 12.7. The number of hydrogen-bond donors (Lipinski definition) is 1. The van der Waals surface area contributed by atoms with Crippen molar-refractivity contribution in [2.24, 2.45) is 5.10 Å². The summed E-state index contributed by atoms with van der Waals surface area (Å²) < 4.78 is 30.9. The highest BCUT2D eigenvalue weighted by Gasteiger charge is 2.20. The lowest BCUT2D eigenvalue weighted by Gasteiger charge is -2.07. The summed E-state index contributed by atoms with van der Waals surface area (Å²) >= 11 is 7.60. The molecule has 1 heterocycles. The molecule has 156 valence electrons. The quantitative estimate of drug-likeness (QED) is 0.184. The summed E-state index contributed by atoms with van der Waals surface area (Å²) in [6.45, 7) is 0. The highest BCUT2D eigenvalue weighted by atomic mass is 35.5. The Bertz CT molecular complexity index is 1380. The number of fused-ring (bicyclic) bond motifs is 1. The van der Waals surface area contributed by atoms with E-state index < -0.39 is 16.0 Å². The van der Waals surface area contributed by atoms with Gasteiger partial charge in [0, 0.05) is 15.6 Å². The summed E-state index contributed by atoms with van der Waals surface area (Å²) in [6.07, 6.45) is 1.27. The van der Waals surface area contributed by atoms with Gasteiger partial charge in [0.05, 0.1) is 16.1 Å². The third kappa shape index (κ3) is 4.61. The highest BCUT2D eigenvalue weighted by molar-refractivity contribution is 7.89. The van der Waals surface area contributed by atoms with E-state index in [1.54, 1.807) is 42.5 Å². The number of benzene rings is 3. The minimum absolute atomic E-state index is 0.0891. The van der Waals surface area contributed by atoms with Gasteiger partial charge in [0.2, 0.25) is 0 Å². The number of carbonyl (C=O) groups excluding carboxylic acids is 1. The predicted molar refractivity (Wildman–Crippen MR) is 123 cm³/mol. The normalized spacial score (nSPS) is 11.6. The Labute approximate surface area is 187 Å². The van der Waals surface area contributed by atoms with Crippen molar-refractivity contribution in [2.75, 3.05) is 0 Å². The van der Waals surface area contributed by atoms with Crippen LogP contribution in [-0.4, -0.2) is 20.6 Å². The average molecular weight is 471 g/mol. The molecule has 6 nitrogen and oxygen atoms in total. The van der Waals surface area contributed by atoms with Gasteiger partial charge in [-0.1, -0.05) is 60.1 Å². The molecule has 0 radical (unpaired) electrons. The number of hydrazone groups is 1. The molecular formula is C22H15ClN2O4S2. The predicted octanol–water partition coefficient (Wildman–Crippen LogP) is 5.09. The van der Waals surface area contributed by atoms with Gasteiger partial charge >= 0.3 is 5.97 Å². The lowest BCUT2D eigenvalue weighted by Crippen LogP contribution is -2.18. The van der Waals surface area contributed by atoms with E-state index in [-0.39, 0.29) is 10.6 Å². The molecule has 4 aromatic rings. The van der Waals surface area contributed by atoms with Crippen molar-refractivity contribution in [1.29, 1.82) is 0 Å². The fourth-order valence-electron chi connectivity index (χ4n) is 2.79. The summed E-state index contributed by atoms with van der Waals surface area (Å²) in [5.74, 6) is -0.374. The maximum atomic E-state index is 12.7. The molecule has 9 heteroatoms. The van der Waals surface area contributed by atoms with E-state index in [4.69, 9.17) is 16.3 Å². The van der Waals surface area contributed by atoms with E-state index in [1.807, 2.05) is 24.3 Å². The molecule has 0 aliphatic rings. The molecule has 1 aromatic heterocycles. The Balaban J connectivity index is 1.54. The Morgan fingerprint density at radius 3 is 2.42 bits per heavy atom. The smallest absolute Gasteiger partial charge is 0.355 e. The van der Waals surface area contributed by atoms with E-state index in [2.05, 4.69) is 9.93 Å². The number of hydrogen-bond acceptors (Lipinski definition) is 6. The van der Waals surface area contributed by atoms with Crippen molar-refractivity contribution in [3.05, 3.63) is 94.3 Å². The van der Waals surface area contributed by atoms with Crippen molar-refractivity contribution >= 4 is 55.2 Å². The van der Waals surface area contributed by atoms with Crippen LogP contribution in [0.2, 0.25) is 5.02 Å². The number of nitrogens with one attached hydrogen (secondary N) is 1. The maximum Gasteiger partial charge on any atom is 0.355 e. The Hall–Kier alpha value is -3.20. The topological polar surface area (TPSA) is 84.8 Å². The van der Waals surface area contributed by atoms with Gasteiger partial charge < -0.3 is 4.74 Å². The molecular weight excluding hydrogens is 456 g/mol. The number of ether oxygens (including phenoxy) is 1. The first-order chi connectivity index (χ1) is 15.0. The lowest BCUT2D eigenvalue weighted by molar-refractivity contribution is 0.0740. The first-order valence-corrected chi connectivity index (χ1v) is 11.7. The zero-order chi connectivity index (χ0) is 21.8. The molecule has 0 aliphatic carbocycles. The molecule has 0 atom stereocenters. The van der Waals surface area contributed by atoms with Crippen LogP contribution < -0.4 is 9.57 Å². The van der Waals surface area contributed by atoms with Gasteiger partial charge in [-0.2, -0.15) is 13.5 Å². The van der Waals surface area contributed by atoms with Crippen molar-refractivity contribution in [2.45, 2.75) is 4.90 Å². The van der Waals surface area contributed by atoms with E-state index in [9.17, 15) is 13.2 Å². The van der Waals surface area contributed by atoms with Crippen molar-refractivity contribution < 1.29 is 17.9 Å². The molecule has 31 heavy (non-hydrogen) atoms. The van der Waals surface area contributed by atoms with Gasteiger partial charge in [-0.15, -0.1) is 11.3 Å². The number of halogens is 1. The molecule has 0 unspecified atom stereocenters. The minimum Gasteiger partial charge on any atom is -0.422 e. The van der Waals surface area contributed by atoms with Crippen molar-refractivity contribution in [3.8, 4) is 5.75 Å². The Kier molecular flexibility index (Phi) is 6.03. The van der Waals surface area contributed by atoms with Crippen molar-refractivity contribution in [3.63, 3.8) is 0 Å². The lowest BCUT2D eigenvalue weighted by atomic mass is 10.2. The van der Waals surface area contributed by atoms with Gasteiger partial charge in [0.15, 0.2) is 0 Å². The molecule has 0 saturated heterocycles. The van der Waals surface area contributed by atoms with E-state index >= 15 is 0 Å². The highest BCUT2D eigenvalue weighted by Crippen LogP contribution is 2.36. The molecule has 0 amide bonds. The molecule has 1 N–H and O–H groups in total. The largest absolute Gasteiger partial charge is 0.422 e. The summed E-state index contributed by atoms with van der Waals surface area (Å²) in [6, 6.07) is 22.0. The van der Waals surface area contributed by atoms with Crippen LogP contribution in [0, 0.1) is 0 Å². The molecule has 0 aliphatic heterocycles. The van der Waals surface area contributed by atoms with Crippen LogP contribution in [0.4, 0.5) is 0 Å². The molecule has 0 spiro atoms. The number of rotatable bonds is 6. The van der Waals surface area contributed by atoms with Gasteiger partial charge in [-0.3, -0.25) is 0 Å². The van der Waals surface area contributed by atoms with Gasteiger partial charge in [-0.25, -0.2) is 9.63 Å². The second-order valence-corrected chi connectivity index (χ2v) is 9.43. The molecule has 3 aromatic carbocycles. The minimum atomic E-state index is -3.80. The van der Waals surface area contributed by atoms with Gasteiger partial charge in [0.1, 0.15) is 10.6 Å². The Morgan fingerprint density at radius 1 is 0.968 bits per heavy atom. The third-order valence-electron chi connectivity index (χ3n) is 4.27. The molecule has 0 bridgehead atoms. The van der Waals surface area contributed by atoms with Gasteiger partial charge in [0.25, 0.3) is 10.0 Å². The standard InChI is InChI=1S/C22H15ClN2O4S2/c23-20-17-11-5-7-13-19(17)30-21(20)22(26)29-18-12-6-4-8-15(18)14-24-25-31(27,28)16-9-2-1-3-10-16/h1-14,25H. The molecule has 4 rings (SSSR count). The number of para-hydroxylation sites is 1. The van der Waals surface area contributed by atoms with Crippen LogP contribution in [0.25, 0.3) is 10.1 Å². The molecule has 0 saturated carbocycles. The van der Waals surface area contributed by atoms with E-state index in [1.165, 1.54) is 29.7 Å². The van der Waals surface area contributed by atoms with Crippen LogP contribution >= 0.6 is 22.9 Å². The van der Waals surface area contributed by atoms with Crippen LogP contribution in [-0.2, 0) is 10.0 Å². The fourth-order valence-corrected chi connectivity index (χ4v) is 4.99. The van der Waals surface area contributed by atoms with Crippen LogP contribution in [0.3, 0.4) is 0 Å². The summed E-state index contributed by atoms with van der Waals surface area (Å²) in [4.78, 5) is 15.2. The fraction of sp³-hybridized carbons (Fsp3) is 0. The first kappa shape index (κ1) is 21.0. The molecule has 0 fully saturated rings. The van der Waals surface area contributed by atoms with Gasteiger partial charge in [-0.05, 0) is 30.3 Å². The number of nitrogens with zero attached hydrogens (tertiary/aromatic N) is 1. The third-order valence-corrected chi connectivity index (χ3v) is 7.17. The van der Waals surface area contributed by atoms with E-state index in [0.717, 1.165) is 10.1 Å². The first-order valence-electron chi connectivity index (χ1n) is 9.04. The zero-order valence-corrected chi connectivity index (χ0v) is 18.2. The zero-order valence-electron chi connectivity index (χ0n) is 15.9. The summed E-state index contributed by atoms with van der Waals surface area (Å²) in [7, 11) is -3.80. The van der Waals surface area contributed by atoms with Crippen molar-refractivity contribution in [1.82, 2.24) is 4.83 Å². The monoisotopic (exact) mass is 470 g/mol. The summed E-state index contributed by atoms with van der Waals surface area (Å²) in [5, 5.41) is 4.93. The second-order valence-electron chi connectivity index (χ2n) is 6.33.